The van der Waals surface area contributed by atoms with Gasteiger partial charge in [0, 0.05) is 12.8 Å². The second-order valence-corrected chi connectivity index (χ2v) is 7.85. The summed E-state index contributed by atoms with van der Waals surface area (Å²) in [5, 5.41) is 2.68. The maximum Gasteiger partial charge on any atom is 0.413 e. The maximum absolute atomic E-state index is 4.32. The summed E-state index contributed by atoms with van der Waals surface area (Å²) in [4.78, 5) is 4.32. The quantitative estimate of drug-likeness (QED) is 0.487. The third-order valence-electron chi connectivity index (χ3n) is 3.29. The predicted molar refractivity (Wildman–Crippen MR) is 76.5 cm³/mol. The summed E-state index contributed by atoms with van der Waals surface area (Å²) in [5.74, 6) is 0. The monoisotopic (exact) mass is 238 g/mol. The molecule has 16 heavy (non-hydrogen) atoms. The van der Waals surface area contributed by atoms with Crippen molar-refractivity contribution in [2.75, 3.05) is 14.1 Å². The molecule has 3 heteroatoms. The Morgan fingerprint density at radius 3 is 2.00 bits per heavy atom. The second kappa shape index (κ2) is 8.84. The predicted octanol–water partition coefficient (Wildman–Crippen LogP) is 3.72. The molecule has 0 amide bonds. The van der Waals surface area contributed by atoms with E-state index in [1.165, 1.54) is 22.0 Å². The van der Waals surface area contributed by atoms with Crippen LogP contribution in [-0.4, -0.2) is 38.1 Å². The molecular formula is C13H27AlN2. The van der Waals surface area contributed by atoms with Gasteiger partial charge in [-0.2, -0.15) is 0 Å². The molecule has 2 nitrogen and oxygen atoms in total. The second-order valence-electron chi connectivity index (χ2n) is 4.14. The van der Waals surface area contributed by atoms with E-state index in [9.17, 15) is 0 Å². The van der Waals surface area contributed by atoms with E-state index in [4.69, 9.17) is 0 Å². The van der Waals surface area contributed by atoms with Crippen LogP contribution in [0.5, 0.6) is 0 Å². The van der Waals surface area contributed by atoms with Crippen LogP contribution in [0.4, 0.5) is 0 Å². The molecule has 0 atom stereocenters. The molecule has 92 valence electrons. The first-order valence-electron chi connectivity index (χ1n) is 6.53. The van der Waals surface area contributed by atoms with Crippen LogP contribution in [0.3, 0.4) is 0 Å². The normalized spacial score (nSPS) is 12.9. The van der Waals surface area contributed by atoms with Gasteiger partial charge in [0.05, 0.1) is 0 Å². The van der Waals surface area contributed by atoms with E-state index in [1.54, 1.807) is 0 Å². The molecule has 0 unspecified atom stereocenters. The number of aliphatic imine (C=N–C) groups is 1. The van der Waals surface area contributed by atoms with Crippen LogP contribution >= 0.6 is 0 Å². The molecule has 0 bridgehead atoms. The lowest BCUT2D eigenvalue weighted by molar-refractivity contribution is 0.610. The number of rotatable bonds is 7. The molecule has 0 N–H and O–H groups in total. The third-order valence-corrected chi connectivity index (χ3v) is 6.60. The Hall–Kier alpha value is -0.258. The van der Waals surface area contributed by atoms with E-state index >= 15 is 0 Å². The minimum atomic E-state index is -0.733. The van der Waals surface area contributed by atoms with Crippen molar-refractivity contribution in [1.82, 2.24) is 3.88 Å². The maximum atomic E-state index is 4.32. The van der Waals surface area contributed by atoms with Crippen LogP contribution in [0.25, 0.3) is 0 Å². The summed E-state index contributed by atoms with van der Waals surface area (Å²) in [6.45, 7) is 9.04. The zero-order valence-corrected chi connectivity index (χ0v) is 13.0. The summed E-state index contributed by atoms with van der Waals surface area (Å²) in [6, 6.07) is 0. The van der Waals surface area contributed by atoms with Gasteiger partial charge in [0.25, 0.3) is 0 Å². The summed E-state index contributed by atoms with van der Waals surface area (Å²) in [7, 11) is 4.15. The summed E-state index contributed by atoms with van der Waals surface area (Å²) < 4.78 is 2.56. The molecule has 0 fully saturated rings. The highest BCUT2D eigenvalue weighted by Crippen LogP contribution is 2.14. The van der Waals surface area contributed by atoms with Gasteiger partial charge in [-0.3, -0.25) is 4.99 Å². The Balaban J connectivity index is 4.83. The number of nitrogens with zero attached hydrogens (tertiary/aromatic N) is 2. The van der Waals surface area contributed by atoms with Crippen LogP contribution in [0, 0.1) is 0 Å². The van der Waals surface area contributed by atoms with Crippen molar-refractivity contribution in [1.29, 1.82) is 0 Å². The molecule has 0 aliphatic heterocycles. The van der Waals surface area contributed by atoms with Crippen LogP contribution in [0.2, 0.25) is 10.6 Å². The minimum absolute atomic E-state index is 0.733. The Morgan fingerprint density at radius 1 is 1.12 bits per heavy atom. The van der Waals surface area contributed by atoms with E-state index in [0.29, 0.717) is 0 Å². The van der Waals surface area contributed by atoms with Crippen molar-refractivity contribution < 1.29 is 0 Å². The Morgan fingerprint density at radius 2 is 1.69 bits per heavy atom. The van der Waals surface area contributed by atoms with Crippen molar-refractivity contribution in [2.24, 2.45) is 4.99 Å². The Labute approximate surface area is 106 Å². The van der Waals surface area contributed by atoms with Crippen LogP contribution in [0.1, 0.15) is 40.5 Å². The van der Waals surface area contributed by atoms with Crippen molar-refractivity contribution in [3.63, 3.8) is 0 Å². The fourth-order valence-electron chi connectivity index (χ4n) is 2.04. The van der Waals surface area contributed by atoms with Crippen molar-refractivity contribution in [3.05, 3.63) is 11.8 Å². The van der Waals surface area contributed by atoms with Gasteiger partial charge >= 0.3 is 14.4 Å². The highest BCUT2D eigenvalue weighted by atomic mass is 27.2. The van der Waals surface area contributed by atoms with E-state index in [-0.39, 0.29) is 0 Å². The van der Waals surface area contributed by atoms with Crippen LogP contribution in [-0.2, 0) is 0 Å². The van der Waals surface area contributed by atoms with Gasteiger partial charge in [-0.25, -0.2) is 0 Å². The number of hydrogen-bond donors (Lipinski definition) is 0. The Kier molecular flexibility index (Phi) is 8.70. The molecule has 0 aromatic carbocycles. The van der Waals surface area contributed by atoms with E-state index in [2.05, 4.69) is 49.7 Å². The average molecular weight is 238 g/mol. The average Bonchev–Trinajstić information content (AvgIpc) is 2.32. The first-order valence-corrected chi connectivity index (χ1v) is 8.68. The van der Waals surface area contributed by atoms with Crippen LogP contribution in [0.15, 0.2) is 16.8 Å². The molecule has 0 aromatic rings. The van der Waals surface area contributed by atoms with Crippen molar-refractivity contribution >= 4 is 20.1 Å². The summed E-state index contributed by atoms with van der Waals surface area (Å²) >= 11 is -0.733. The standard InChI is InChI=1S/C9H17N2.2C2H5.Al/c1-5-8(10-3)7-9(6-2)11-4;2*1-2;/h7H,5-6H2,1-4H3;2*1H2,2H3;/q-1;;;+1/b8-7-,11-9?;;;. The van der Waals surface area contributed by atoms with Crippen molar-refractivity contribution in [2.45, 2.75) is 51.1 Å². The minimum Gasteiger partial charge on any atom is -0.469 e. The smallest absolute Gasteiger partial charge is 0.413 e. The van der Waals surface area contributed by atoms with Gasteiger partial charge in [-0.05, 0) is 31.7 Å². The highest BCUT2D eigenvalue weighted by Gasteiger charge is 2.20. The van der Waals surface area contributed by atoms with Gasteiger partial charge in [-0.1, -0.05) is 38.3 Å². The molecule has 0 aromatic heterocycles. The lowest BCUT2D eigenvalue weighted by Gasteiger charge is -2.28. The first-order chi connectivity index (χ1) is 7.64. The molecule has 0 spiro atoms. The summed E-state index contributed by atoms with van der Waals surface area (Å²) in [5.41, 5.74) is 2.67. The van der Waals surface area contributed by atoms with Gasteiger partial charge in [0.15, 0.2) is 0 Å². The lowest BCUT2D eigenvalue weighted by Crippen LogP contribution is -2.34. The lowest BCUT2D eigenvalue weighted by atomic mass is 10.2. The molecule has 0 radical (unpaired) electrons. The summed E-state index contributed by atoms with van der Waals surface area (Å²) in [6.07, 6.45) is 4.42. The fourth-order valence-corrected chi connectivity index (χ4v) is 4.44. The van der Waals surface area contributed by atoms with Gasteiger partial charge in [-0.15, -0.1) is 0 Å². The third kappa shape index (κ3) is 4.72. The highest BCUT2D eigenvalue weighted by molar-refractivity contribution is 6.56. The zero-order valence-electron chi connectivity index (χ0n) is 11.9. The van der Waals surface area contributed by atoms with E-state index < -0.39 is 14.4 Å². The number of hydrogen-bond acceptors (Lipinski definition) is 2. The molecule has 0 saturated heterocycles. The SMILES string of the molecule is CCC(/C=C(/CC)[N](C)[Al]([CH2]C)[CH2]C)=NC. The molecular weight excluding hydrogens is 211 g/mol. The topological polar surface area (TPSA) is 15.6 Å². The largest absolute Gasteiger partial charge is 0.469 e. The first kappa shape index (κ1) is 15.7. The molecule has 0 rings (SSSR count). The van der Waals surface area contributed by atoms with Gasteiger partial charge < -0.3 is 3.88 Å². The van der Waals surface area contributed by atoms with Crippen molar-refractivity contribution in [3.8, 4) is 0 Å². The molecule has 0 heterocycles. The fraction of sp³-hybridized carbons (Fsp3) is 0.769. The number of allylic oxidation sites excluding steroid dienone is 2. The van der Waals surface area contributed by atoms with Gasteiger partial charge in [0.2, 0.25) is 0 Å². The molecule has 0 saturated carbocycles. The van der Waals surface area contributed by atoms with E-state index in [0.717, 1.165) is 12.8 Å². The molecule has 0 aliphatic carbocycles. The zero-order chi connectivity index (χ0) is 12.6. The Bertz CT molecular complexity index is 242. The molecule has 0 aliphatic rings. The van der Waals surface area contributed by atoms with Gasteiger partial charge in [0.1, 0.15) is 0 Å². The van der Waals surface area contributed by atoms with E-state index in [1.807, 2.05) is 7.05 Å². The van der Waals surface area contributed by atoms with Crippen LogP contribution < -0.4 is 0 Å².